The van der Waals surface area contributed by atoms with Gasteiger partial charge in [0.25, 0.3) is 0 Å². The van der Waals surface area contributed by atoms with E-state index in [-0.39, 0.29) is 12.6 Å². The van der Waals surface area contributed by atoms with E-state index in [4.69, 9.17) is 10.2 Å². The lowest BCUT2D eigenvalue weighted by atomic mass is 9.84. The quantitative estimate of drug-likeness (QED) is 0.509. The van der Waals surface area contributed by atoms with Crippen molar-refractivity contribution in [2.75, 3.05) is 0 Å². The van der Waals surface area contributed by atoms with Gasteiger partial charge in [0.15, 0.2) is 11.9 Å². The summed E-state index contributed by atoms with van der Waals surface area (Å²) in [5.41, 5.74) is -2.15. The normalized spacial score (nSPS) is 33.2. The molecule has 1 rings (SSSR count). The van der Waals surface area contributed by atoms with Crippen LogP contribution in [0.4, 0.5) is 0 Å². The van der Waals surface area contributed by atoms with Gasteiger partial charge in [-0.2, -0.15) is 0 Å². The average Bonchev–Trinajstić information content (AvgIpc) is 2.03. The van der Waals surface area contributed by atoms with E-state index in [0.29, 0.717) is 0 Å². The first kappa shape index (κ1) is 9.47. The van der Waals surface area contributed by atoms with Crippen molar-refractivity contribution in [1.82, 2.24) is 0 Å². The van der Waals surface area contributed by atoms with Crippen LogP contribution in [-0.2, 0) is 9.59 Å². The molecule has 5 nitrogen and oxygen atoms in total. The van der Waals surface area contributed by atoms with Crippen molar-refractivity contribution < 1.29 is 24.9 Å². The molecule has 0 radical (unpaired) electrons. The molecule has 0 aromatic rings. The van der Waals surface area contributed by atoms with Crippen LogP contribution in [0.15, 0.2) is 23.7 Å². The Hall–Kier alpha value is -1.62. The molecule has 0 amide bonds. The zero-order valence-electron chi connectivity index (χ0n) is 6.54. The standard InChI is InChI=1S/C8H8O5/c9-3-6-7(12)1-5(11)2-8(6,13)4-10/h1-4,6,11-13H. The largest absolute Gasteiger partial charge is 0.511 e. The van der Waals surface area contributed by atoms with E-state index in [1.54, 1.807) is 0 Å². The van der Waals surface area contributed by atoms with Gasteiger partial charge in [-0.05, 0) is 6.08 Å². The minimum atomic E-state index is -2.15. The summed E-state index contributed by atoms with van der Waals surface area (Å²) in [6, 6.07) is 0. The lowest BCUT2D eigenvalue weighted by Crippen LogP contribution is -2.41. The third kappa shape index (κ3) is 1.46. The highest BCUT2D eigenvalue weighted by Crippen LogP contribution is 2.27. The lowest BCUT2D eigenvalue weighted by molar-refractivity contribution is -0.130. The summed E-state index contributed by atoms with van der Waals surface area (Å²) in [4.78, 5) is 20.9. The number of hydrogen-bond donors (Lipinski definition) is 3. The molecule has 0 saturated carbocycles. The molecule has 2 atom stereocenters. The van der Waals surface area contributed by atoms with Crippen molar-refractivity contribution in [2.24, 2.45) is 5.92 Å². The topological polar surface area (TPSA) is 94.8 Å². The smallest absolute Gasteiger partial charge is 0.158 e. The number of rotatable bonds is 2. The first-order valence-electron chi connectivity index (χ1n) is 3.50. The van der Waals surface area contributed by atoms with Gasteiger partial charge in [0.2, 0.25) is 0 Å². The second-order valence-electron chi connectivity index (χ2n) is 2.76. The summed E-state index contributed by atoms with van der Waals surface area (Å²) in [5, 5.41) is 27.5. The minimum absolute atomic E-state index is 0.0888. The van der Waals surface area contributed by atoms with Gasteiger partial charge >= 0.3 is 0 Å². The van der Waals surface area contributed by atoms with Crippen LogP contribution < -0.4 is 0 Å². The second-order valence-corrected chi connectivity index (χ2v) is 2.76. The Morgan fingerprint density at radius 3 is 2.46 bits per heavy atom. The SMILES string of the molecule is O=CC1C(O)=CC(O)=CC1(O)C=O. The molecule has 0 spiro atoms. The average molecular weight is 184 g/mol. The fourth-order valence-electron chi connectivity index (χ4n) is 1.13. The van der Waals surface area contributed by atoms with Crippen molar-refractivity contribution in [3.63, 3.8) is 0 Å². The van der Waals surface area contributed by atoms with Crippen LogP contribution in [0, 0.1) is 5.92 Å². The monoisotopic (exact) mass is 184 g/mol. The first-order valence-corrected chi connectivity index (χ1v) is 3.50. The Morgan fingerprint density at radius 2 is 2.00 bits per heavy atom. The van der Waals surface area contributed by atoms with Gasteiger partial charge in [0.05, 0.1) is 0 Å². The van der Waals surface area contributed by atoms with Crippen molar-refractivity contribution in [2.45, 2.75) is 5.60 Å². The Bertz CT molecular complexity index is 304. The van der Waals surface area contributed by atoms with E-state index in [1.807, 2.05) is 0 Å². The van der Waals surface area contributed by atoms with E-state index < -0.39 is 23.0 Å². The first-order chi connectivity index (χ1) is 6.03. The van der Waals surface area contributed by atoms with Crippen molar-refractivity contribution in [3.05, 3.63) is 23.7 Å². The minimum Gasteiger partial charge on any atom is -0.511 e. The number of carbonyl (C=O) groups is 2. The zero-order valence-corrected chi connectivity index (χ0v) is 6.54. The van der Waals surface area contributed by atoms with E-state index in [2.05, 4.69) is 0 Å². The number of hydrogen-bond acceptors (Lipinski definition) is 5. The number of carbonyl (C=O) groups excluding carboxylic acids is 2. The Labute approximate surface area is 73.6 Å². The lowest BCUT2D eigenvalue weighted by Gasteiger charge is -2.26. The van der Waals surface area contributed by atoms with Crippen LogP contribution in [0.2, 0.25) is 0 Å². The summed E-state index contributed by atoms with van der Waals surface area (Å²) in [5.74, 6) is -2.34. The fraction of sp³-hybridized carbons (Fsp3) is 0.250. The highest BCUT2D eigenvalue weighted by Gasteiger charge is 2.40. The number of aliphatic hydroxyl groups is 3. The van der Waals surface area contributed by atoms with Crippen molar-refractivity contribution in [3.8, 4) is 0 Å². The Balaban J connectivity index is 3.17. The molecular formula is C8H8O5. The van der Waals surface area contributed by atoms with Crippen LogP contribution in [0.1, 0.15) is 0 Å². The van der Waals surface area contributed by atoms with Crippen molar-refractivity contribution in [1.29, 1.82) is 0 Å². The Morgan fingerprint density at radius 1 is 1.38 bits per heavy atom. The highest BCUT2D eigenvalue weighted by molar-refractivity contribution is 5.77. The molecule has 0 fully saturated rings. The van der Waals surface area contributed by atoms with Crippen LogP contribution >= 0.6 is 0 Å². The molecule has 0 bridgehead atoms. The molecule has 3 N–H and O–H groups in total. The van der Waals surface area contributed by atoms with Crippen LogP contribution in [0.3, 0.4) is 0 Å². The fourth-order valence-corrected chi connectivity index (χ4v) is 1.13. The maximum atomic E-state index is 10.4. The highest BCUT2D eigenvalue weighted by atomic mass is 16.3. The van der Waals surface area contributed by atoms with Gasteiger partial charge in [-0.25, -0.2) is 0 Å². The summed E-state index contributed by atoms with van der Waals surface area (Å²) in [7, 11) is 0. The summed E-state index contributed by atoms with van der Waals surface area (Å²) in [6.07, 6.45) is 2.03. The van der Waals surface area contributed by atoms with Crippen molar-refractivity contribution >= 4 is 12.6 Å². The van der Waals surface area contributed by atoms with Gasteiger partial charge in [-0.3, -0.25) is 4.79 Å². The molecule has 0 aromatic heterocycles. The maximum absolute atomic E-state index is 10.4. The van der Waals surface area contributed by atoms with Crippen LogP contribution in [0.5, 0.6) is 0 Å². The number of aliphatic hydroxyl groups excluding tert-OH is 2. The molecule has 2 unspecified atom stereocenters. The van der Waals surface area contributed by atoms with Crippen LogP contribution in [-0.4, -0.2) is 33.5 Å². The molecule has 13 heavy (non-hydrogen) atoms. The summed E-state index contributed by atoms with van der Waals surface area (Å²) in [6.45, 7) is 0. The zero-order chi connectivity index (χ0) is 10.1. The summed E-state index contributed by atoms with van der Waals surface area (Å²) < 4.78 is 0. The van der Waals surface area contributed by atoms with Gasteiger partial charge in [0.1, 0.15) is 23.7 Å². The predicted octanol–water partition coefficient (Wildman–Crippen LogP) is -0.371. The van der Waals surface area contributed by atoms with E-state index in [1.165, 1.54) is 0 Å². The third-order valence-corrected chi connectivity index (χ3v) is 1.82. The molecule has 1 aliphatic rings. The maximum Gasteiger partial charge on any atom is 0.158 e. The van der Waals surface area contributed by atoms with E-state index in [0.717, 1.165) is 12.2 Å². The molecule has 0 aromatic carbocycles. The van der Waals surface area contributed by atoms with Gasteiger partial charge in [0, 0.05) is 6.08 Å². The molecular weight excluding hydrogens is 176 g/mol. The third-order valence-electron chi connectivity index (χ3n) is 1.82. The van der Waals surface area contributed by atoms with Crippen LogP contribution in [0.25, 0.3) is 0 Å². The molecule has 70 valence electrons. The predicted molar refractivity (Wildman–Crippen MR) is 42.0 cm³/mol. The molecule has 0 heterocycles. The second kappa shape index (κ2) is 3.02. The van der Waals surface area contributed by atoms with Gasteiger partial charge < -0.3 is 20.1 Å². The number of allylic oxidation sites excluding steroid dienone is 1. The van der Waals surface area contributed by atoms with E-state index >= 15 is 0 Å². The van der Waals surface area contributed by atoms with Gasteiger partial charge in [-0.15, -0.1) is 0 Å². The molecule has 0 aliphatic heterocycles. The molecule has 0 saturated heterocycles. The van der Waals surface area contributed by atoms with Gasteiger partial charge in [-0.1, -0.05) is 0 Å². The summed E-state index contributed by atoms with van der Waals surface area (Å²) >= 11 is 0. The van der Waals surface area contributed by atoms with E-state index in [9.17, 15) is 14.7 Å². The Kier molecular flexibility index (Phi) is 2.20. The molecule has 5 heteroatoms. The molecule has 1 aliphatic carbocycles. The number of aldehydes is 2.